The van der Waals surface area contributed by atoms with E-state index in [0.717, 1.165) is 24.0 Å². The van der Waals surface area contributed by atoms with Crippen molar-refractivity contribution >= 4 is 22.9 Å². The van der Waals surface area contributed by atoms with E-state index in [1.54, 1.807) is 11.3 Å². The fraction of sp³-hybridized carbons (Fsp3) is 0.667. The van der Waals surface area contributed by atoms with Gasteiger partial charge in [0.2, 0.25) is 0 Å². The summed E-state index contributed by atoms with van der Waals surface area (Å²) in [5.74, 6) is 0. The largest absolute Gasteiger partial charge is 0.314 e. The Morgan fingerprint density at radius 3 is 3.06 bits per heavy atom. The minimum Gasteiger partial charge on any atom is -0.314 e. The fourth-order valence-corrected chi connectivity index (χ4v) is 3.52. The lowest BCUT2D eigenvalue weighted by atomic mass is 10.1. The molecular formula is C12H19ClN2S. The van der Waals surface area contributed by atoms with Crippen LogP contribution < -0.4 is 5.32 Å². The highest BCUT2D eigenvalue weighted by Crippen LogP contribution is 2.32. The molecule has 90 valence electrons. The molecule has 0 spiro atoms. The molecule has 2 nitrogen and oxygen atoms in total. The molecule has 1 N–H and O–H groups in total. The Morgan fingerprint density at radius 2 is 2.44 bits per heavy atom. The molecule has 2 unspecified atom stereocenters. The minimum absolute atomic E-state index is 0.490. The maximum Gasteiger partial charge on any atom is 0.0931 e. The van der Waals surface area contributed by atoms with Crippen LogP contribution in [0.15, 0.2) is 12.1 Å². The van der Waals surface area contributed by atoms with Crippen LogP contribution in [0.5, 0.6) is 0 Å². The second-order valence-electron chi connectivity index (χ2n) is 4.32. The van der Waals surface area contributed by atoms with E-state index >= 15 is 0 Å². The predicted octanol–water partition coefficient (Wildman–Crippen LogP) is 3.15. The van der Waals surface area contributed by atoms with Gasteiger partial charge in [-0.3, -0.25) is 4.90 Å². The number of nitrogens with zero attached hydrogens (tertiary/aromatic N) is 1. The number of hydrogen-bond donors (Lipinski definition) is 1. The summed E-state index contributed by atoms with van der Waals surface area (Å²) < 4.78 is 0.894. The van der Waals surface area contributed by atoms with E-state index < -0.39 is 0 Å². The molecule has 1 aliphatic heterocycles. The van der Waals surface area contributed by atoms with Gasteiger partial charge in [0.1, 0.15) is 0 Å². The molecule has 2 heterocycles. The first-order valence-corrected chi connectivity index (χ1v) is 7.13. The molecule has 0 saturated carbocycles. The van der Waals surface area contributed by atoms with Crippen LogP contribution in [0.3, 0.4) is 0 Å². The van der Waals surface area contributed by atoms with Crippen LogP contribution in [0, 0.1) is 0 Å². The summed E-state index contributed by atoms with van der Waals surface area (Å²) >= 11 is 7.71. The maximum absolute atomic E-state index is 6.00. The van der Waals surface area contributed by atoms with Gasteiger partial charge in [-0.15, -0.1) is 11.3 Å². The lowest BCUT2D eigenvalue weighted by Crippen LogP contribution is -2.51. The summed E-state index contributed by atoms with van der Waals surface area (Å²) in [6.45, 7) is 7.89. The van der Waals surface area contributed by atoms with Crippen molar-refractivity contribution in [3.8, 4) is 0 Å². The van der Waals surface area contributed by atoms with Gasteiger partial charge in [-0.1, -0.05) is 18.5 Å². The third kappa shape index (κ3) is 2.59. The van der Waals surface area contributed by atoms with Gasteiger partial charge < -0.3 is 5.32 Å². The number of nitrogens with one attached hydrogen (secondary N) is 1. The zero-order valence-corrected chi connectivity index (χ0v) is 11.4. The second-order valence-corrected chi connectivity index (χ2v) is 6.07. The Labute approximate surface area is 107 Å². The third-order valence-corrected chi connectivity index (χ3v) is 4.77. The van der Waals surface area contributed by atoms with Crippen LogP contribution in [-0.4, -0.2) is 30.6 Å². The van der Waals surface area contributed by atoms with Crippen molar-refractivity contribution < 1.29 is 0 Å². The normalized spacial score (nSPS) is 24.6. The highest BCUT2D eigenvalue weighted by atomic mass is 35.5. The van der Waals surface area contributed by atoms with Crippen molar-refractivity contribution in [3.05, 3.63) is 21.3 Å². The van der Waals surface area contributed by atoms with E-state index in [9.17, 15) is 0 Å². The summed E-state index contributed by atoms with van der Waals surface area (Å²) in [5, 5.41) is 3.46. The molecule has 0 aliphatic carbocycles. The van der Waals surface area contributed by atoms with Gasteiger partial charge in [-0.25, -0.2) is 0 Å². The van der Waals surface area contributed by atoms with Gasteiger partial charge in [0, 0.05) is 36.6 Å². The average Bonchev–Trinajstić information content (AvgIpc) is 2.75. The van der Waals surface area contributed by atoms with E-state index in [1.165, 1.54) is 11.3 Å². The molecule has 1 aromatic heterocycles. The molecule has 1 saturated heterocycles. The smallest absolute Gasteiger partial charge is 0.0931 e. The van der Waals surface area contributed by atoms with Gasteiger partial charge in [0.05, 0.1) is 4.34 Å². The molecule has 0 aromatic carbocycles. The standard InChI is InChI=1S/C12H19ClN2S/c1-3-10-8-14-6-7-15(10)9(2)11-4-5-12(13)16-11/h4-5,9-10,14H,3,6-8H2,1-2H3. The average molecular weight is 259 g/mol. The van der Waals surface area contributed by atoms with Crippen LogP contribution in [0.4, 0.5) is 0 Å². The van der Waals surface area contributed by atoms with Crippen LogP contribution in [-0.2, 0) is 0 Å². The molecule has 0 radical (unpaired) electrons. The molecule has 0 bridgehead atoms. The van der Waals surface area contributed by atoms with E-state index in [4.69, 9.17) is 11.6 Å². The quantitative estimate of drug-likeness (QED) is 0.896. The van der Waals surface area contributed by atoms with E-state index in [0.29, 0.717) is 12.1 Å². The molecular weight excluding hydrogens is 240 g/mol. The SMILES string of the molecule is CCC1CNCCN1C(C)c1ccc(Cl)s1. The summed E-state index contributed by atoms with van der Waals surface area (Å²) in [4.78, 5) is 3.98. The first kappa shape index (κ1) is 12.4. The van der Waals surface area contributed by atoms with Crippen LogP contribution in [0.2, 0.25) is 4.34 Å². The van der Waals surface area contributed by atoms with E-state index in [1.807, 2.05) is 6.07 Å². The van der Waals surface area contributed by atoms with Crippen molar-refractivity contribution in [1.29, 1.82) is 0 Å². The summed E-state index contributed by atoms with van der Waals surface area (Å²) in [7, 11) is 0. The molecule has 1 aliphatic rings. The van der Waals surface area contributed by atoms with Gasteiger partial charge in [0.15, 0.2) is 0 Å². The fourth-order valence-electron chi connectivity index (χ4n) is 2.38. The highest BCUT2D eigenvalue weighted by Gasteiger charge is 2.26. The molecule has 2 atom stereocenters. The number of piperazine rings is 1. The Balaban J connectivity index is 2.10. The van der Waals surface area contributed by atoms with E-state index in [2.05, 4.69) is 30.1 Å². The van der Waals surface area contributed by atoms with Crippen LogP contribution in [0.1, 0.15) is 31.2 Å². The Bertz CT molecular complexity index is 340. The summed E-state index contributed by atoms with van der Waals surface area (Å²) in [6, 6.07) is 5.31. The molecule has 16 heavy (non-hydrogen) atoms. The highest BCUT2D eigenvalue weighted by molar-refractivity contribution is 7.16. The van der Waals surface area contributed by atoms with Gasteiger partial charge in [-0.2, -0.15) is 0 Å². The van der Waals surface area contributed by atoms with E-state index in [-0.39, 0.29) is 0 Å². The number of thiophene rings is 1. The van der Waals surface area contributed by atoms with Gasteiger partial charge >= 0.3 is 0 Å². The van der Waals surface area contributed by atoms with Crippen LogP contribution >= 0.6 is 22.9 Å². The zero-order chi connectivity index (χ0) is 11.5. The predicted molar refractivity (Wildman–Crippen MR) is 71.4 cm³/mol. The van der Waals surface area contributed by atoms with Crippen molar-refractivity contribution in [2.45, 2.75) is 32.4 Å². The van der Waals surface area contributed by atoms with Gasteiger partial charge in [-0.05, 0) is 25.5 Å². The number of hydrogen-bond acceptors (Lipinski definition) is 3. The Kier molecular flexibility index (Phi) is 4.25. The summed E-state index contributed by atoms with van der Waals surface area (Å²) in [6.07, 6.45) is 1.20. The Hall–Kier alpha value is -0.0900. The molecule has 2 rings (SSSR count). The van der Waals surface area contributed by atoms with Crippen molar-refractivity contribution in [2.75, 3.05) is 19.6 Å². The van der Waals surface area contributed by atoms with Crippen molar-refractivity contribution in [3.63, 3.8) is 0 Å². The summed E-state index contributed by atoms with van der Waals surface area (Å²) in [5.41, 5.74) is 0. The lowest BCUT2D eigenvalue weighted by Gasteiger charge is -2.39. The van der Waals surface area contributed by atoms with Crippen molar-refractivity contribution in [2.24, 2.45) is 0 Å². The number of rotatable bonds is 3. The third-order valence-electron chi connectivity index (χ3n) is 3.37. The van der Waals surface area contributed by atoms with Crippen LogP contribution in [0.25, 0.3) is 0 Å². The topological polar surface area (TPSA) is 15.3 Å². The number of halogens is 1. The monoisotopic (exact) mass is 258 g/mol. The second kappa shape index (κ2) is 5.50. The molecule has 4 heteroatoms. The molecule has 1 aromatic rings. The Morgan fingerprint density at radius 1 is 1.62 bits per heavy atom. The zero-order valence-electron chi connectivity index (χ0n) is 9.87. The molecule has 1 fully saturated rings. The molecule has 0 amide bonds. The first-order chi connectivity index (χ1) is 7.72. The maximum atomic E-state index is 6.00. The first-order valence-electron chi connectivity index (χ1n) is 5.94. The van der Waals surface area contributed by atoms with Crippen molar-refractivity contribution in [1.82, 2.24) is 10.2 Å². The minimum atomic E-state index is 0.490. The van der Waals surface area contributed by atoms with Gasteiger partial charge in [0.25, 0.3) is 0 Å². The lowest BCUT2D eigenvalue weighted by molar-refractivity contribution is 0.113.